The first-order chi connectivity index (χ1) is 6.36. The van der Waals surface area contributed by atoms with E-state index < -0.39 is 0 Å². The molecular formula is C9H12N2O2. The molecule has 2 aliphatic heterocycles. The third kappa shape index (κ3) is 1.89. The summed E-state index contributed by atoms with van der Waals surface area (Å²) >= 11 is 0. The molecule has 0 aromatic rings. The summed E-state index contributed by atoms with van der Waals surface area (Å²) in [6.07, 6.45) is 4.94. The highest BCUT2D eigenvalue weighted by atomic mass is 16.5. The van der Waals surface area contributed by atoms with Crippen molar-refractivity contribution >= 4 is 5.91 Å². The van der Waals surface area contributed by atoms with Gasteiger partial charge in [0.1, 0.15) is 5.82 Å². The normalized spacial score (nSPS) is 22.6. The summed E-state index contributed by atoms with van der Waals surface area (Å²) in [7, 11) is 0. The summed E-state index contributed by atoms with van der Waals surface area (Å²) in [5, 5.41) is 5.80. The van der Waals surface area contributed by atoms with E-state index in [1.54, 1.807) is 6.20 Å². The van der Waals surface area contributed by atoms with E-state index in [1.165, 1.54) is 11.6 Å². The second-order valence-corrected chi connectivity index (χ2v) is 3.06. The fraction of sp³-hybridized carbons (Fsp3) is 0.444. The standard InChI is InChI=1S/C9H12N2O2/c12-8-1-4-10-9(11-8)7-2-5-13-6-3-7/h1,4,10H,2-3,5-6H2,(H,11,12). The summed E-state index contributed by atoms with van der Waals surface area (Å²) in [5.74, 6) is 0.781. The molecule has 1 saturated heterocycles. The SMILES string of the molecule is O=C1C=CNC(=C2CCOCC2)N1. The van der Waals surface area contributed by atoms with Crippen LogP contribution in [0.4, 0.5) is 0 Å². The van der Waals surface area contributed by atoms with Gasteiger partial charge >= 0.3 is 0 Å². The third-order valence-corrected chi connectivity index (χ3v) is 2.16. The van der Waals surface area contributed by atoms with Gasteiger partial charge in [0.05, 0.1) is 13.2 Å². The van der Waals surface area contributed by atoms with Crippen LogP contribution in [0.5, 0.6) is 0 Å². The fourth-order valence-corrected chi connectivity index (χ4v) is 1.46. The van der Waals surface area contributed by atoms with Crippen molar-refractivity contribution in [3.05, 3.63) is 23.7 Å². The molecule has 0 aromatic heterocycles. The summed E-state index contributed by atoms with van der Waals surface area (Å²) < 4.78 is 5.22. The van der Waals surface area contributed by atoms with Gasteiger partial charge in [0, 0.05) is 12.3 Å². The molecule has 0 atom stereocenters. The van der Waals surface area contributed by atoms with Crippen LogP contribution in [0.25, 0.3) is 0 Å². The van der Waals surface area contributed by atoms with E-state index in [0.717, 1.165) is 31.9 Å². The van der Waals surface area contributed by atoms with Gasteiger partial charge in [0.15, 0.2) is 0 Å². The number of carbonyl (C=O) groups excluding carboxylic acids is 1. The molecule has 2 N–H and O–H groups in total. The van der Waals surface area contributed by atoms with Crippen LogP contribution < -0.4 is 10.6 Å². The third-order valence-electron chi connectivity index (χ3n) is 2.16. The Morgan fingerprint density at radius 2 is 2.08 bits per heavy atom. The van der Waals surface area contributed by atoms with Gasteiger partial charge in [0.25, 0.3) is 5.91 Å². The van der Waals surface area contributed by atoms with Crippen LogP contribution in [-0.4, -0.2) is 19.1 Å². The first-order valence-electron chi connectivity index (χ1n) is 4.40. The predicted octanol–water partition coefficient (Wildman–Crippen LogP) is 0.241. The maximum atomic E-state index is 11.0. The van der Waals surface area contributed by atoms with Crippen molar-refractivity contribution in [1.29, 1.82) is 0 Å². The fourth-order valence-electron chi connectivity index (χ4n) is 1.46. The Morgan fingerprint density at radius 3 is 2.77 bits per heavy atom. The molecule has 0 bridgehead atoms. The van der Waals surface area contributed by atoms with Crippen LogP contribution in [0.15, 0.2) is 23.7 Å². The van der Waals surface area contributed by atoms with Crippen LogP contribution in [0.2, 0.25) is 0 Å². The van der Waals surface area contributed by atoms with Crippen molar-refractivity contribution in [2.45, 2.75) is 12.8 Å². The highest BCUT2D eigenvalue weighted by Gasteiger charge is 2.14. The first kappa shape index (κ1) is 8.31. The second-order valence-electron chi connectivity index (χ2n) is 3.06. The number of hydrogen-bond donors (Lipinski definition) is 2. The Balaban J connectivity index is 2.13. The smallest absolute Gasteiger partial charge is 0.250 e. The molecule has 2 rings (SSSR count). The number of ether oxygens (including phenoxy) is 1. The number of carbonyl (C=O) groups is 1. The molecule has 0 radical (unpaired) electrons. The highest BCUT2D eigenvalue weighted by Crippen LogP contribution is 2.16. The molecule has 4 heteroatoms. The zero-order valence-electron chi connectivity index (χ0n) is 7.30. The molecule has 13 heavy (non-hydrogen) atoms. The lowest BCUT2D eigenvalue weighted by Crippen LogP contribution is -2.34. The first-order valence-corrected chi connectivity index (χ1v) is 4.40. The molecule has 2 aliphatic rings. The minimum absolute atomic E-state index is 0.0623. The molecule has 0 aromatic carbocycles. The van der Waals surface area contributed by atoms with Gasteiger partial charge in [-0.15, -0.1) is 0 Å². The Morgan fingerprint density at radius 1 is 1.31 bits per heavy atom. The molecule has 0 saturated carbocycles. The van der Waals surface area contributed by atoms with Gasteiger partial charge < -0.3 is 15.4 Å². The summed E-state index contributed by atoms with van der Waals surface area (Å²) in [4.78, 5) is 11.0. The largest absolute Gasteiger partial charge is 0.381 e. The van der Waals surface area contributed by atoms with E-state index in [9.17, 15) is 4.79 Å². The van der Waals surface area contributed by atoms with Crippen LogP contribution in [0.3, 0.4) is 0 Å². The maximum absolute atomic E-state index is 11.0. The Labute approximate surface area is 76.6 Å². The van der Waals surface area contributed by atoms with Gasteiger partial charge in [-0.05, 0) is 18.4 Å². The molecule has 1 fully saturated rings. The monoisotopic (exact) mass is 180 g/mol. The van der Waals surface area contributed by atoms with Gasteiger partial charge in [0.2, 0.25) is 0 Å². The van der Waals surface area contributed by atoms with Crippen molar-refractivity contribution < 1.29 is 9.53 Å². The Hall–Kier alpha value is -1.29. The van der Waals surface area contributed by atoms with Gasteiger partial charge in [-0.1, -0.05) is 0 Å². The lowest BCUT2D eigenvalue weighted by Gasteiger charge is -2.21. The van der Waals surface area contributed by atoms with Gasteiger partial charge in [-0.3, -0.25) is 4.79 Å². The lowest BCUT2D eigenvalue weighted by molar-refractivity contribution is -0.116. The molecular weight excluding hydrogens is 168 g/mol. The zero-order chi connectivity index (χ0) is 9.10. The average Bonchev–Trinajstić information content (AvgIpc) is 2.19. The molecule has 0 unspecified atom stereocenters. The maximum Gasteiger partial charge on any atom is 0.250 e. The Kier molecular flexibility index (Phi) is 2.31. The van der Waals surface area contributed by atoms with Crippen molar-refractivity contribution in [2.24, 2.45) is 0 Å². The van der Waals surface area contributed by atoms with Crippen molar-refractivity contribution in [1.82, 2.24) is 10.6 Å². The Bertz CT molecular complexity index is 273. The molecule has 0 aliphatic carbocycles. The van der Waals surface area contributed by atoms with Crippen molar-refractivity contribution in [3.63, 3.8) is 0 Å². The molecule has 2 heterocycles. The minimum atomic E-state index is -0.0623. The van der Waals surface area contributed by atoms with E-state index in [0.29, 0.717) is 0 Å². The van der Waals surface area contributed by atoms with Crippen LogP contribution in [-0.2, 0) is 9.53 Å². The second kappa shape index (κ2) is 3.62. The van der Waals surface area contributed by atoms with Crippen LogP contribution >= 0.6 is 0 Å². The zero-order valence-corrected chi connectivity index (χ0v) is 7.30. The van der Waals surface area contributed by atoms with Crippen molar-refractivity contribution in [3.8, 4) is 0 Å². The molecule has 0 spiro atoms. The average molecular weight is 180 g/mol. The molecule has 70 valence electrons. The summed E-state index contributed by atoms with van der Waals surface area (Å²) in [6, 6.07) is 0. The van der Waals surface area contributed by atoms with Crippen molar-refractivity contribution in [2.75, 3.05) is 13.2 Å². The van der Waals surface area contributed by atoms with Crippen LogP contribution in [0, 0.1) is 0 Å². The van der Waals surface area contributed by atoms with Gasteiger partial charge in [-0.2, -0.15) is 0 Å². The summed E-state index contributed by atoms with van der Waals surface area (Å²) in [5.41, 5.74) is 1.24. The lowest BCUT2D eigenvalue weighted by atomic mass is 10.1. The number of nitrogens with one attached hydrogen (secondary N) is 2. The van der Waals surface area contributed by atoms with E-state index in [-0.39, 0.29) is 5.91 Å². The van der Waals surface area contributed by atoms with Gasteiger partial charge in [-0.25, -0.2) is 0 Å². The van der Waals surface area contributed by atoms with E-state index in [4.69, 9.17) is 4.74 Å². The number of hydrogen-bond acceptors (Lipinski definition) is 3. The number of amides is 1. The summed E-state index contributed by atoms with van der Waals surface area (Å²) in [6.45, 7) is 1.50. The topological polar surface area (TPSA) is 50.4 Å². The predicted molar refractivity (Wildman–Crippen MR) is 47.5 cm³/mol. The van der Waals surface area contributed by atoms with Crippen LogP contribution in [0.1, 0.15) is 12.8 Å². The highest BCUT2D eigenvalue weighted by molar-refractivity contribution is 5.89. The quantitative estimate of drug-likeness (QED) is 0.561. The van der Waals surface area contributed by atoms with E-state index >= 15 is 0 Å². The number of rotatable bonds is 0. The molecule has 4 nitrogen and oxygen atoms in total. The molecule has 1 amide bonds. The van der Waals surface area contributed by atoms with E-state index in [2.05, 4.69) is 10.6 Å². The van der Waals surface area contributed by atoms with E-state index in [1.807, 2.05) is 0 Å². The minimum Gasteiger partial charge on any atom is -0.381 e.